The first-order valence-corrected chi connectivity index (χ1v) is 3.73. The fraction of sp³-hybridized carbons (Fsp3) is 0.250. The molecule has 0 unspecified atom stereocenters. The van der Waals surface area contributed by atoms with Crippen LogP contribution in [0.3, 0.4) is 0 Å². The van der Waals surface area contributed by atoms with Gasteiger partial charge in [-0.05, 0) is 12.1 Å². The Labute approximate surface area is 81.4 Å². The van der Waals surface area contributed by atoms with Crippen LogP contribution in [0.5, 0.6) is 5.75 Å². The lowest BCUT2D eigenvalue weighted by molar-refractivity contribution is -0.141. The van der Waals surface area contributed by atoms with Crippen molar-refractivity contribution >= 4 is 5.69 Å². The molecule has 0 bridgehead atoms. The molecular formula is C8H6F5NO. The normalized spacial score (nSPS) is 11.9. The third-order valence-electron chi connectivity index (χ3n) is 1.56. The average Bonchev–Trinajstić information content (AvgIpc) is 2.05. The van der Waals surface area contributed by atoms with Crippen LogP contribution >= 0.6 is 0 Å². The zero-order valence-corrected chi connectivity index (χ0v) is 7.18. The van der Waals surface area contributed by atoms with Gasteiger partial charge in [-0.1, -0.05) is 6.07 Å². The summed E-state index contributed by atoms with van der Waals surface area (Å²) in [5, 5.41) is 0. The molecule has 0 heterocycles. The highest BCUT2D eigenvalue weighted by atomic mass is 19.4. The molecule has 0 aliphatic heterocycles. The molecule has 0 aromatic heterocycles. The number of benzene rings is 1. The van der Waals surface area contributed by atoms with E-state index >= 15 is 0 Å². The summed E-state index contributed by atoms with van der Waals surface area (Å²) in [5.41, 5.74) is 3.31. The largest absolute Gasteiger partial charge is 0.432 e. The van der Waals surface area contributed by atoms with E-state index in [4.69, 9.17) is 5.73 Å². The SMILES string of the molecule is Nc1cccc(C(F)(F)F)c1OC(F)F. The highest BCUT2D eigenvalue weighted by Gasteiger charge is 2.35. The maximum absolute atomic E-state index is 12.3. The van der Waals surface area contributed by atoms with Crippen LogP contribution in [-0.2, 0) is 6.18 Å². The van der Waals surface area contributed by atoms with E-state index in [1.54, 1.807) is 0 Å². The van der Waals surface area contributed by atoms with Crippen molar-refractivity contribution in [1.29, 1.82) is 0 Å². The number of ether oxygens (including phenoxy) is 1. The zero-order chi connectivity index (χ0) is 11.6. The van der Waals surface area contributed by atoms with Crippen LogP contribution in [0.4, 0.5) is 27.6 Å². The topological polar surface area (TPSA) is 35.2 Å². The van der Waals surface area contributed by atoms with Gasteiger partial charge in [0.25, 0.3) is 0 Å². The van der Waals surface area contributed by atoms with Crippen LogP contribution in [0.1, 0.15) is 5.56 Å². The number of anilines is 1. The second kappa shape index (κ2) is 3.92. The molecule has 2 N–H and O–H groups in total. The predicted molar refractivity (Wildman–Crippen MR) is 42.5 cm³/mol. The van der Waals surface area contributed by atoms with E-state index in [0.29, 0.717) is 6.07 Å². The van der Waals surface area contributed by atoms with Gasteiger partial charge in [0.2, 0.25) is 0 Å². The summed E-state index contributed by atoms with van der Waals surface area (Å²) in [4.78, 5) is 0. The van der Waals surface area contributed by atoms with Gasteiger partial charge in [0.05, 0.1) is 11.3 Å². The lowest BCUT2D eigenvalue weighted by Crippen LogP contribution is -2.13. The molecule has 84 valence electrons. The third kappa shape index (κ3) is 2.71. The standard InChI is InChI=1S/C8H6F5NO/c9-7(10)15-6-4(8(11,12)13)2-1-3-5(6)14/h1-3,7H,14H2. The number of alkyl halides is 5. The van der Waals surface area contributed by atoms with Gasteiger partial charge < -0.3 is 10.5 Å². The first-order chi connectivity index (χ1) is 6.82. The van der Waals surface area contributed by atoms with Crippen molar-refractivity contribution in [1.82, 2.24) is 0 Å². The van der Waals surface area contributed by atoms with Gasteiger partial charge in [-0.2, -0.15) is 22.0 Å². The van der Waals surface area contributed by atoms with Crippen molar-refractivity contribution in [2.45, 2.75) is 12.8 Å². The molecule has 0 saturated heterocycles. The highest BCUT2D eigenvalue weighted by molar-refractivity contribution is 5.57. The molecule has 0 spiro atoms. The summed E-state index contributed by atoms with van der Waals surface area (Å²) >= 11 is 0. The summed E-state index contributed by atoms with van der Waals surface area (Å²) in [6, 6.07) is 2.68. The Morgan fingerprint density at radius 2 is 1.80 bits per heavy atom. The Bertz CT molecular complexity index is 349. The maximum atomic E-state index is 12.3. The van der Waals surface area contributed by atoms with E-state index < -0.39 is 29.8 Å². The second-order valence-corrected chi connectivity index (χ2v) is 2.60. The monoisotopic (exact) mass is 227 g/mol. The quantitative estimate of drug-likeness (QED) is 0.622. The van der Waals surface area contributed by atoms with Gasteiger partial charge >= 0.3 is 12.8 Å². The van der Waals surface area contributed by atoms with Gasteiger partial charge in [-0.15, -0.1) is 0 Å². The van der Waals surface area contributed by atoms with Crippen molar-refractivity contribution in [3.8, 4) is 5.75 Å². The van der Waals surface area contributed by atoms with Gasteiger partial charge in [0.15, 0.2) is 5.75 Å². The number of para-hydroxylation sites is 1. The Hall–Kier alpha value is -1.53. The molecule has 0 radical (unpaired) electrons. The van der Waals surface area contributed by atoms with E-state index in [2.05, 4.69) is 4.74 Å². The van der Waals surface area contributed by atoms with Crippen LogP contribution < -0.4 is 10.5 Å². The summed E-state index contributed by atoms with van der Waals surface area (Å²) < 4.78 is 64.3. The van der Waals surface area contributed by atoms with Gasteiger partial charge in [-0.25, -0.2) is 0 Å². The summed E-state index contributed by atoms with van der Waals surface area (Å²) in [5.74, 6) is -1.04. The van der Waals surface area contributed by atoms with Gasteiger partial charge in [0.1, 0.15) is 0 Å². The zero-order valence-electron chi connectivity index (χ0n) is 7.18. The Morgan fingerprint density at radius 1 is 1.20 bits per heavy atom. The number of rotatable bonds is 2. The van der Waals surface area contributed by atoms with Gasteiger partial charge in [0, 0.05) is 0 Å². The van der Waals surface area contributed by atoms with E-state index in [-0.39, 0.29) is 0 Å². The molecule has 0 saturated carbocycles. The van der Waals surface area contributed by atoms with E-state index in [1.165, 1.54) is 0 Å². The number of nitrogens with two attached hydrogens (primary N) is 1. The third-order valence-corrected chi connectivity index (χ3v) is 1.56. The Kier molecular flexibility index (Phi) is 3.01. The smallest absolute Gasteiger partial charge is 0.420 e. The number of nitrogen functional groups attached to an aromatic ring is 1. The number of hydrogen-bond donors (Lipinski definition) is 1. The molecule has 0 amide bonds. The van der Waals surface area contributed by atoms with E-state index in [1.807, 2.05) is 0 Å². The van der Waals surface area contributed by atoms with Crippen molar-refractivity contribution in [2.24, 2.45) is 0 Å². The Morgan fingerprint density at radius 3 is 2.27 bits per heavy atom. The minimum atomic E-state index is -4.78. The lowest BCUT2D eigenvalue weighted by Gasteiger charge is -2.14. The van der Waals surface area contributed by atoms with Crippen LogP contribution in [0.25, 0.3) is 0 Å². The molecule has 0 aliphatic carbocycles. The van der Waals surface area contributed by atoms with Gasteiger partial charge in [-0.3, -0.25) is 0 Å². The predicted octanol–water partition coefficient (Wildman–Crippen LogP) is 2.89. The van der Waals surface area contributed by atoms with Crippen LogP contribution in [0.2, 0.25) is 0 Å². The summed E-state index contributed by atoms with van der Waals surface area (Å²) in [7, 11) is 0. The Balaban J connectivity index is 3.21. The summed E-state index contributed by atoms with van der Waals surface area (Å²) in [6.45, 7) is -3.35. The van der Waals surface area contributed by atoms with Crippen molar-refractivity contribution in [3.63, 3.8) is 0 Å². The molecule has 2 nitrogen and oxygen atoms in total. The minimum absolute atomic E-state index is 0.481. The molecule has 0 atom stereocenters. The number of halogens is 5. The molecular weight excluding hydrogens is 221 g/mol. The molecule has 15 heavy (non-hydrogen) atoms. The second-order valence-electron chi connectivity index (χ2n) is 2.60. The fourth-order valence-corrected chi connectivity index (χ4v) is 0.999. The highest BCUT2D eigenvalue weighted by Crippen LogP contribution is 2.39. The average molecular weight is 227 g/mol. The number of hydrogen-bond acceptors (Lipinski definition) is 2. The van der Waals surface area contributed by atoms with Crippen molar-refractivity contribution in [2.75, 3.05) is 5.73 Å². The molecule has 1 rings (SSSR count). The lowest BCUT2D eigenvalue weighted by atomic mass is 10.1. The van der Waals surface area contributed by atoms with Crippen molar-refractivity contribution < 1.29 is 26.7 Å². The van der Waals surface area contributed by atoms with E-state index in [9.17, 15) is 22.0 Å². The summed E-state index contributed by atoms with van der Waals surface area (Å²) in [6.07, 6.45) is -4.78. The van der Waals surface area contributed by atoms with Crippen LogP contribution in [-0.4, -0.2) is 6.61 Å². The fourth-order valence-electron chi connectivity index (χ4n) is 0.999. The van der Waals surface area contributed by atoms with Crippen molar-refractivity contribution in [3.05, 3.63) is 23.8 Å². The first kappa shape index (κ1) is 11.5. The van der Waals surface area contributed by atoms with Crippen LogP contribution in [0, 0.1) is 0 Å². The molecule has 7 heteroatoms. The van der Waals surface area contributed by atoms with E-state index in [0.717, 1.165) is 12.1 Å². The molecule has 0 aliphatic rings. The maximum Gasteiger partial charge on any atom is 0.420 e. The first-order valence-electron chi connectivity index (χ1n) is 3.73. The minimum Gasteiger partial charge on any atom is -0.432 e. The molecule has 0 fully saturated rings. The molecule has 1 aromatic carbocycles. The van der Waals surface area contributed by atoms with Crippen LogP contribution in [0.15, 0.2) is 18.2 Å². The molecule has 1 aromatic rings.